The van der Waals surface area contributed by atoms with Crippen LogP contribution in [0.2, 0.25) is 0 Å². The number of nitrogens with one attached hydrogen (secondary N) is 1. The summed E-state index contributed by atoms with van der Waals surface area (Å²) in [6.45, 7) is 13.0. The number of rotatable bonds is 4. The molecular formula is C17H27N3O2. The molecule has 0 aromatic heterocycles. The topological polar surface area (TPSA) is 44.8 Å². The van der Waals surface area contributed by atoms with E-state index in [0.717, 1.165) is 49.6 Å². The molecule has 0 aliphatic carbocycles. The lowest BCUT2D eigenvalue weighted by Crippen LogP contribution is -2.52. The molecule has 1 aromatic carbocycles. The Bertz CT molecular complexity index is 523. The molecule has 1 aliphatic heterocycles. The van der Waals surface area contributed by atoms with Crippen LogP contribution in [0.15, 0.2) is 12.1 Å². The van der Waals surface area contributed by atoms with Gasteiger partial charge in [-0.15, -0.1) is 0 Å². The van der Waals surface area contributed by atoms with Gasteiger partial charge in [0.1, 0.15) is 5.75 Å². The third-order valence-electron chi connectivity index (χ3n) is 4.42. The number of piperazine rings is 1. The molecule has 0 radical (unpaired) electrons. The minimum Gasteiger partial charge on any atom is -0.473 e. The van der Waals surface area contributed by atoms with Crippen LogP contribution >= 0.6 is 0 Å². The van der Waals surface area contributed by atoms with Gasteiger partial charge in [-0.3, -0.25) is 0 Å². The van der Waals surface area contributed by atoms with Crippen molar-refractivity contribution in [3.63, 3.8) is 0 Å². The highest BCUT2D eigenvalue weighted by Gasteiger charge is 2.19. The smallest absolute Gasteiger partial charge is 0.320 e. The van der Waals surface area contributed by atoms with Gasteiger partial charge in [0.15, 0.2) is 6.73 Å². The number of urea groups is 1. The number of ether oxygens (including phenoxy) is 1. The number of aryl methyl sites for hydroxylation is 2. The molecule has 2 amide bonds. The highest BCUT2D eigenvalue weighted by molar-refractivity contribution is 5.74. The zero-order valence-electron chi connectivity index (χ0n) is 14.1. The SMILES string of the molecule is CCN1CCN(C(=O)NCOc2c(C)ccc(C)c2C)CC1. The van der Waals surface area contributed by atoms with E-state index in [0.29, 0.717) is 0 Å². The number of likely N-dealkylation sites (N-methyl/N-ethyl adjacent to an activating group) is 1. The molecule has 0 bridgehead atoms. The number of amides is 2. The average Bonchev–Trinajstić information content (AvgIpc) is 2.54. The summed E-state index contributed by atoms with van der Waals surface area (Å²) in [6, 6.07) is 4.09. The van der Waals surface area contributed by atoms with Crippen LogP contribution < -0.4 is 10.1 Å². The number of hydrogen-bond donors (Lipinski definition) is 1. The van der Waals surface area contributed by atoms with Crippen molar-refractivity contribution in [2.75, 3.05) is 39.5 Å². The number of benzene rings is 1. The van der Waals surface area contributed by atoms with Crippen LogP contribution in [0.1, 0.15) is 23.6 Å². The molecule has 0 spiro atoms. The summed E-state index contributed by atoms with van der Waals surface area (Å²) < 4.78 is 5.78. The minimum atomic E-state index is -0.0429. The first-order chi connectivity index (χ1) is 10.5. The molecule has 1 heterocycles. The second kappa shape index (κ2) is 7.49. The molecule has 1 aliphatic rings. The Kier molecular flexibility index (Phi) is 5.66. The van der Waals surface area contributed by atoms with Crippen LogP contribution in [0.3, 0.4) is 0 Å². The molecule has 1 saturated heterocycles. The second-order valence-electron chi connectivity index (χ2n) is 5.85. The Morgan fingerprint density at radius 2 is 1.77 bits per heavy atom. The molecule has 1 N–H and O–H groups in total. The highest BCUT2D eigenvalue weighted by Crippen LogP contribution is 2.25. The molecule has 5 nitrogen and oxygen atoms in total. The molecule has 122 valence electrons. The van der Waals surface area contributed by atoms with Crippen LogP contribution in [0.5, 0.6) is 5.75 Å². The fourth-order valence-electron chi connectivity index (χ4n) is 2.70. The summed E-state index contributed by atoms with van der Waals surface area (Å²) in [7, 11) is 0. The van der Waals surface area contributed by atoms with Gasteiger partial charge >= 0.3 is 6.03 Å². The van der Waals surface area contributed by atoms with E-state index in [1.165, 1.54) is 5.56 Å². The Morgan fingerprint density at radius 3 is 2.41 bits per heavy atom. The van der Waals surface area contributed by atoms with E-state index in [-0.39, 0.29) is 12.8 Å². The number of carbonyl (C=O) groups excluding carboxylic acids is 1. The van der Waals surface area contributed by atoms with Gasteiger partial charge in [0.2, 0.25) is 0 Å². The van der Waals surface area contributed by atoms with Crippen LogP contribution in [0.4, 0.5) is 4.79 Å². The molecule has 0 saturated carbocycles. The Balaban J connectivity index is 1.82. The van der Waals surface area contributed by atoms with Gasteiger partial charge in [-0.2, -0.15) is 0 Å². The van der Waals surface area contributed by atoms with E-state index >= 15 is 0 Å². The van der Waals surface area contributed by atoms with Crippen LogP contribution in [0, 0.1) is 20.8 Å². The zero-order chi connectivity index (χ0) is 16.1. The molecular weight excluding hydrogens is 278 g/mol. The fourth-order valence-corrected chi connectivity index (χ4v) is 2.70. The zero-order valence-corrected chi connectivity index (χ0v) is 14.1. The first-order valence-electron chi connectivity index (χ1n) is 7.97. The summed E-state index contributed by atoms with van der Waals surface area (Å²) in [5, 5.41) is 2.85. The lowest BCUT2D eigenvalue weighted by Gasteiger charge is -2.33. The van der Waals surface area contributed by atoms with Gasteiger partial charge < -0.3 is 19.9 Å². The molecule has 22 heavy (non-hydrogen) atoms. The van der Waals surface area contributed by atoms with Crippen molar-refractivity contribution < 1.29 is 9.53 Å². The van der Waals surface area contributed by atoms with Crippen molar-refractivity contribution in [2.24, 2.45) is 0 Å². The lowest BCUT2D eigenvalue weighted by molar-refractivity contribution is 0.137. The van der Waals surface area contributed by atoms with Crippen molar-refractivity contribution in [1.82, 2.24) is 15.1 Å². The quantitative estimate of drug-likeness (QED) is 0.868. The molecule has 0 atom stereocenters. The van der Waals surface area contributed by atoms with Gasteiger partial charge in [0.05, 0.1) is 0 Å². The Labute approximate surface area is 133 Å². The van der Waals surface area contributed by atoms with Gasteiger partial charge in [-0.25, -0.2) is 4.79 Å². The van der Waals surface area contributed by atoms with Crippen molar-refractivity contribution >= 4 is 6.03 Å². The third-order valence-corrected chi connectivity index (χ3v) is 4.42. The highest BCUT2D eigenvalue weighted by atomic mass is 16.5. The van der Waals surface area contributed by atoms with E-state index < -0.39 is 0 Å². The predicted octanol–water partition coefficient (Wildman–Crippen LogP) is 2.30. The van der Waals surface area contributed by atoms with Gasteiger partial charge in [-0.05, 0) is 44.0 Å². The maximum atomic E-state index is 12.1. The van der Waals surface area contributed by atoms with E-state index in [1.54, 1.807) is 0 Å². The Morgan fingerprint density at radius 1 is 1.14 bits per heavy atom. The molecule has 0 unspecified atom stereocenters. The maximum absolute atomic E-state index is 12.1. The second-order valence-corrected chi connectivity index (χ2v) is 5.85. The minimum absolute atomic E-state index is 0.0429. The molecule has 1 aromatic rings. The monoisotopic (exact) mass is 305 g/mol. The number of nitrogens with zero attached hydrogens (tertiary/aromatic N) is 2. The first-order valence-corrected chi connectivity index (χ1v) is 7.97. The predicted molar refractivity (Wildman–Crippen MR) is 88.4 cm³/mol. The van der Waals surface area contributed by atoms with Gasteiger partial charge in [0, 0.05) is 26.2 Å². The summed E-state index contributed by atoms with van der Waals surface area (Å²) in [6.07, 6.45) is 0. The van der Waals surface area contributed by atoms with Crippen molar-refractivity contribution in [2.45, 2.75) is 27.7 Å². The lowest BCUT2D eigenvalue weighted by atomic mass is 10.1. The van der Waals surface area contributed by atoms with Gasteiger partial charge in [-0.1, -0.05) is 19.1 Å². The van der Waals surface area contributed by atoms with E-state index in [9.17, 15) is 4.79 Å². The first kappa shape index (κ1) is 16.6. The van der Waals surface area contributed by atoms with E-state index in [1.807, 2.05) is 24.8 Å². The fraction of sp³-hybridized carbons (Fsp3) is 0.588. The van der Waals surface area contributed by atoms with Crippen molar-refractivity contribution in [3.8, 4) is 5.75 Å². The normalized spacial score (nSPS) is 15.7. The van der Waals surface area contributed by atoms with Crippen LogP contribution in [-0.2, 0) is 0 Å². The largest absolute Gasteiger partial charge is 0.473 e. The summed E-state index contributed by atoms with van der Waals surface area (Å²) in [4.78, 5) is 16.3. The van der Waals surface area contributed by atoms with Crippen LogP contribution in [0.25, 0.3) is 0 Å². The van der Waals surface area contributed by atoms with Crippen LogP contribution in [-0.4, -0.2) is 55.3 Å². The van der Waals surface area contributed by atoms with E-state index in [2.05, 4.69) is 30.1 Å². The summed E-state index contributed by atoms with van der Waals surface area (Å²) in [5.74, 6) is 0.871. The maximum Gasteiger partial charge on any atom is 0.320 e. The van der Waals surface area contributed by atoms with Crippen molar-refractivity contribution in [1.29, 1.82) is 0 Å². The summed E-state index contributed by atoms with van der Waals surface area (Å²) >= 11 is 0. The standard InChI is InChI=1S/C17H27N3O2/c1-5-19-8-10-20(11-9-19)17(21)18-12-22-16-14(3)7-6-13(2)15(16)4/h6-7H,5,8-12H2,1-4H3,(H,18,21). The van der Waals surface area contributed by atoms with E-state index in [4.69, 9.17) is 4.74 Å². The average molecular weight is 305 g/mol. The molecule has 1 fully saturated rings. The summed E-state index contributed by atoms with van der Waals surface area (Å²) in [5.41, 5.74) is 3.42. The molecule has 5 heteroatoms. The van der Waals surface area contributed by atoms with Gasteiger partial charge in [0.25, 0.3) is 0 Å². The third kappa shape index (κ3) is 3.91. The Hall–Kier alpha value is -1.75. The molecule has 2 rings (SSSR count). The van der Waals surface area contributed by atoms with Crippen molar-refractivity contribution in [3.05, 3.63) is 28.8 Å². The number of hydrogen-bond acceptors (Lipinski definition) is 3. The number of carbonyl (C=O) groups is 1.